The number of hydrogen-bond donors (Lipinski definition) is 0. The van der Waals surface area contributed by atoms with E-state index >= 15 is 0 Å². The molecular weight excluding hydrogens is 280 g/mol. The number of ether oxygens (including phenoxy) is 1. The van der Waals surface area contributed by atoms with Gasteiger partial charge in [-0.3, -0.25) is 4.98 Å². The minimum Gasteiger partial charge on any atom is -0.381 e. The van der Waals surface area contributed by atoms with Crippen molar-refractivity contribution in [1.29, 1.82) is 0 Å². The van der Waals surface area contributed by atoms with Crippen molar-refractivity contribution in [1.82, 2.24) is 9.88 Å². The molecule has 2 aliphatic heterocycles. The van der Waals surface area contributed by atoms with Gasteiger partial charge in [0.15, 0.2) is 0 Å². The first-order valence-electron chi connectivity index (χ1n) is 6.23. The van der Waals surface area contributed by atoms with Crippen LogP contribution in [0.1, 0.15) is 18.0 Å². The van der Waals surface area contributed by atoms with Crippen molar-refractivity contribution in [3.63, 3.8) is 0 Å². The second-order valence-corrected chi connectivity index (χ2v) is 5.96. The van der Waals surface area contributed by atoms with Crippen LogP contribution in [0.4, 0.5) is 0 Å². The summed E-state index contributed by atoms with van der Waals surface area (Å²) in [6.45, 7) is 5.43. The predicted molar refractivity (Wildman–Crippen MR) is 70.0 cm³/mol. The van der Waals surface area contributed by atoms with Crippen molar-refractivity contribution >= 4 is 15.9 Å². The van der Waals surface area contributed by atoms with Gasteiger partial charge in [-0.05, 0) is 40.4 Å². The topological polar surface area (TPSA) is 25.4 Å². The van der Waals surface area contributed by atoms with Gasteiger partial charge in [0.25, 0.3) is 0 Å². The molecule has 0 bridgehead atoms. The Balaban J connectivity index is 1.49. The number of halogens is 1. The molecule has 0 N–H and O–H groups in total. The van der Waals surface area contributed by atoms with E-state index in [1.54, 1.807) is 0 Å². The molecule has 0 spiro atoms. The minimum absolute atomic E-state index is 0.630. The van der Waals surface area contributed by atoms with Crippen LogP contribution in [0.3, 0.4) is 0 Å². The van der Waals surface area contributed by atoms with Gasteiger partial charge in [0.2, 0.25) is 0 Å². The Kier molecular flexibility index (Phi) is 3.45. The smallest absolute Gasteiger partial charge is 0.0507 e. The molecule has 0 aliphatic carbocycles. The molecular formula is C13H17BrN2O. The molecule has 92 valence electrons. The van der Waals surface area contributed by atoms with Crippen LogP contribution in [0.5, 0.6) is 0 Å². The average molecular weight is 297 g/mol. The Bertz CT molecular complexity index is 370. The monoisotopic (exact) mass is 296 g/mol. The van der Waals surface area contributed by atoms with Crippen molar-refractivity contribution in [3.05, 3.63) is 28.5 Å². The SMILES string of the molecule is Brc1ccc(C2CN(CC3CCOC3)C2)nc1. The van der Waals surface area contributed by atoms with Gasteiger partial charge in [-0.1, -0.05) is 0 Å². The summed E-state index contributed by atoms with van der Waals surface area (Å²) in [5.74, 6) is 1.39. The van der Waals surface area contributed by atoms with Crippen LogP contribution in [0.15, 0.2) is 22.8 Å². The van der Waals surface area contributed by atoms with Crippen molar-refractivity contribution in [2.75, 3.05) is 32.8 Å². The molecule has 1 unspecified atom stereocenters. The standard InChI is InChI=1S/C13H17BrN2O/c14-12-1-2-13(15-5-12)11-7-16(8-11)6-10-3-4-17-9-10/h1-2,5,10-11H,3-4,6-9H2. The van der Waals surface area contributed by atoms with Gasteiger partial charge in [0.05, 0.1) is 6.61 Å². The Morgan fingerprint density at radius 1 is 1.41 bits per heavy atom. The summed E-state index contributed by atoms with van der Waals surface area (Å²) in [4.78, 5) is 6.99. The van der Waals surface area contributed by atoms with E-state index in [1.807, 2.05) is 6.20 Å². The quantitative estimate of drug-likeness (QED) is 0.856. The maximum atomic E-state index is 5.41. The highest BCUT2D eigenvalue weighted by Crippen LogP contribution is 2.28. The third kappa shape index (κ3) is 2.69. The summed E-state index contributed by atoms with van der Waals surface area (Å²) in [6, 6.07) is 4.21. The number of likely N-dealkylation sites (tertiary alicyclic amines) is 1. The van der Waals surface area contributed by atoms with Gasteiger partial charge < -0.3 is 9.64 Å². The Morgan fingerprint density at radius 3 is 2.94 bits per heavy atom. The maximum absolute atomic E-state index is 5.41. The molecule has 2 fully saturated rings. The summed E-state index contributed by atoms with van der Waals surface area (Å²) >= 11 is 3.42. The van der Waals surface area contributed by atoms with Crippen molar-refractivity contribution in [2.24, 2.45) is 5.92 Å². The highest BCUT2D eigenvalue weighted by molar-refractivity contribution is 9.10. The lowest BCUT2D eigenvalue weighted by atomic mass is 9.94. The largest absolute Gasteiger partial charge is 0.381 e. The predicted octanol–water partition coefficient (Wildman–Crippen LogP) is 2.28. The third-order valence-corrected chi connectivity index (χ3v) is 4.14. The number of pyridine rings is 1. The van der Waals surface area contributed by atoms with E-state index in [1.165, 1.54) is 18.7 Å². The molecule has 3 nitrogen and oxygen atoms in total. The zero-order chi connectivity index (χ0) is 11.7. The first-order chi connectivity index (χ1) is 8.31. The van der Waals surface area contributed by atoms with Gasteiger partial charge in [0.1, 0.15) is 0 Å². The molecule has 2 aliphatic rings. The fourth-order valence-corrected chi connectivity index (χ4v) is 2.86. The van der Waals surface area contributed by atoms with Crippen LogP contribution >= 0.6 is 15.9 Å². The summed E-state index contributed by atoms with van der Waals surface area (Å²) in [6.07, 6.45) is 3.13. The van der Waals surface area contributed by atoms with Crippen LogP contribution in [-0.4, -0.2) is 42.7 Å². The molecule has 0 amide bonds. The van der Waals surface area contributed by atoms with E-state index in [9.17, 15) is 0 Å². The molecule has 0 saturated carbocycles. The molecule has 1 aromatic rings. The summed E-state index contributed by atoms with van der Waals surface area (Å²) < 4.78 is 6.46. The normalized spacial score (nSPS) is 26.1. The second kappa shape index (κ2) is 5.04. The number of hydrogen-bond acceptors (Lipinski definition) is 3. The van der Waals surface area contributed by atoms with E-state index in [2.05, 4.69) is 37.9 Å². The zero-order valence-corrected chi connectivity index (χ0v) is 11.4. The van der Waals surface area contributed by atoms with E-state index in [4.69, 9.17) is 4.74 Å². The van der Waals surface area contributed by atoms with Crippen LogP contribution in [0.2, 0.25) is 0 Å². The van der Waals surface area contributed by atoms with Crippen LogP contribution in [0.25, 0.3) is 0 Å². The lowest BCUT2D eigenvalue weighted by Crippen LogP contribution is -2.47. The fraction of sp³-hybridized carbons (Fsp3) is 0.615. The van der Waals surface area contributed by atoms with Gasteiger partial charge in [-0.25, -0.2) is 0 Å². The molecule has 3 heterocycles. The molecule has 1 aromatic heterocycles. The Labute approximate surface area is 110 Å². The number of aromatic nitrogens is 1. The molecule has 4 heteroatoms. The number of rotatable bonds is 3. The molecule has 1 atom stereocenters. The van der Waals surface area contributed by atoms with Gasteiger partial charge in [0, 0.05) is 48.5 Å². The first kappa shape index (κ1) is 11.6. The lowest BCUT2D eigenvalue weighted by molar-refractivity contribution is 0.111. The summed E-state index contributed by atoms with van der Waals surface area (Å²) in [7, 11) is 0. The Morgan fingerprint density at radius 2 is 2.29 bits per heavy atom. The molecule has 0 aromatic carbocycles. The highest BCUT2D eigenvalue weighted by Gasteiger charge is 2.31. The average Bonchev–Trinajstić information content (AvgIpc) is 2.77. The van der Waals surface area contributed by atoms with Gasteiger partial charge in [-0.2, -0.15) is 0 Å². The van der Waals surface area contributed by atoms with E-state index in [-0.39, 0.29) is 0 Å². The zero-order valence-electron chi connectivity index (χ0n) is 9.81. The van der Waals surface area contributed by atoms with Crippen LogP contribution in [0, 0.1) is 5.92 Å². The number of nitrogens with zero attached hydrogens (tertiary/aromatic N) is 2. The van der Waals surface area contributed by atoms with Crippen molar-refractivity contribution < 1.29 is 4.74 Å². The van der Waals surface area contributed by atoms with E-state index in [0.29, 0.717) is 5.92 Å². The van der Waals surface area contributed by atoms with Gasteiger partial charge in [-0.15, -0.1) is 0 Å². The van der Waals surface area contributed by atoms with E-state index in [0.717, 1.165) is 36.7 Å². The van der Waals surface area contributed by atoms with Gasteiger partial charge >= 0.3 is 0 Å². The lowest BCUT2D eigenvalue weighted by Gasteiger charge is -2.40. The molecule has 2 saturated heterocycles. The second-order valence-electron chi connectivity index (χ2n) is 5.05. The molecule has 0 radical (unpaired) electrons. The van der Waals surface area contributed by atoms with Crippen LogP contribution in [-0.2, 0) is 4.74 Å². The first-order valence-corrected chi connectivity index (χ1v) is 7.02. The fourth-order valence-electron chi connectivity index (χ4n) is 2.63. The van der Waals surface area contributed by atoms with Crippen molar-refractivity contribution in [2.45, 2.75) is 12.3 Å². The summed E-state index contributed by atoms with van der Waals surface area (Å²) in [5, 5.41) is 0. The minimum atomic E-state index is 0.630. The van der Waals surface area contributed by atoms with E-state index < -0.39 is 0 Å². The van der Waals surface area contributed by atoms with Crippen molar-refractivity contribution in [3.8, 4) is 0 Å². The third-order valence-electron chi connectivity index (χ3n) is 3.67. The maximum Gasteiger partial charge on any atom is 0.0507 e. The Hall–Kier alpha value is -0.450. The summed E-state index contributed by atoms with van der Waals surface area (Å²) in [5.41, 5.74) is 1.23. The molecule has 17 heavy (non-hydrogen) atoms. The van der Waals surface area contributed by atoms with Crippen LogP contribution < -0.4 is 0 Å². The highest BCUT2D eigenvalue weighted by atomic mass is 79.9. The molecule has 3 rings (SSSR count).